The SMILES string of the molecule is CC(C)n1cccc1CN1CCC[C@@H]1c1cccc(Nc2ccc(C#N)nc2)n1. The van der Waals surface area contributed by atoms with Crippen molar-refractivity contribution in [2.75, 3.05) is 11.9 Å². The van der Waals surface area contributed by atoms with Crippen molar-refractivity contribution in [1.82, 2.24) is 19.4 Å². The fraction of sp³-hybridized carbons (Fsp3) is 0.348. The lowest BCUT2D eigenvalue weighted by molar-refractivity contribution is 0.237. The van der Waals surface area contributed by atoms with Crippen molar-refractivity contribution < 1.29 is 0 Å². The van der Waals surface area contributed by atoms with E-state index < -0.39 is 0 Å². The van der Waals surface area contributed by atoms with Crippen LogP contribution in [0, 0.1) is 11.3 Å². The van der Waals surface area contributed by atoms with E-state index in [1.807, 2.05) is 18.2 Å². The van der Waals surface area contributed by atoms with Crippen LogP contribution in [0.15, 0.2) is 54.9 Å². The lowest BCUT2D eigenvalue weighted by Gasteiger charge is -2.26. The maximum atomic E-state index is 8.89. The third kappa shape index (κ3) is 4.30. The number of rotatable bonds is 6. The normalized spacial score (nSPS) is 16.8. The van der Waals surface area contributed by atoms with E-state index in [4.69, 9.17) is 10.2 Å². The fourth-order valence-electron chi connectivity index (χ4n) is 4.01. The van der Waals surface area contributed by atoms with Gasteiger partial charge in [0.2, 0.25) is 0 Å². The van der Waals surface area contributed by atoms with Crippen LogP contribution in [0.5, 0.6) is 0 Å². The minimum Gasteiger partial charge on any atom is -0.348 e. The second-order valence-corrected chi connectivity index (χ2v) is 7.75. The van der Waals surface area contributed by atoms with Gasteiger partial charge in [-0.2, -0.15) is 5.26 Å². The molecule has 29 heavy (non-hydrogen) atoms. The molecular weight excluding hydrogens is 360 g/mol. The van der Waals surface area contributed by atoms with Crippen LogP contribution in [0.25, 0.3) is 0 Å². The summed E-state index contributed by atoms with van der Waals surface area (Å²) in [5.74, 6) is 0.798. The van der Waals surface area contributed by atoms with Crippen LogP contribution in [-0.4, -0.2) is 26.0 Å². The third-order valence-electron chi connectivity index (χ3n) is 5.41. The molecule has 0 saturated carbocycles. The van der Waals surface area contributed by atoms with Gasteiger partial charge in [0, 0.05) is 24.5 Å². The Hall–Kier alpha value is -3.17. The topological polar surface area (TPSA) is 69.8 Å². The molecule has 148 valence electrons. The predicted octanol–water partition coefficient (Wildman–Crippen LogP) is 4.81. The maximum Gasteiger partial charge on any atom is 0.140 e. The van der Waals surface area contributed by atoms with E-state index in [0.717, 1.165) is 36.7 Å². The summed E-state index contributed by atoms with van der Waals surface area (Å²) in [7, 11) is 0. The van der Waals surface area contributed by atoms with Gasteiger partial charge in [0.25, 0.3) is 0 Å². The minimum absolute atomic E-state index is 0.325. The van der Waals surface area contributed by atoms with Crippen molar-refractivity contribution in [3.05, 3.63) is 71.9 Å². The molecule has 1 atom stereocenters. The molecule has 1 aliphatic heterocycles. The van der Waals surface area contributed by atoms with Gasteiger partial charge in [-0.05, 0) is 69.6 Å². The van der Waals surface area contributed by atoms with E-state index in [1.54, 1.807) is 12.3 Å². The van der Waals surface area contributed by atoms with Gasteiger partial charge in [-0.1, -0.05) is 6.07 Å². The minimum atomic E-state index is 0.325. The van der Waals surface area contributed by atoms with E-state index in [9.17, 15) is 0 Å². The number of nitrogens with zero attached hydrogens (tertiary/aromatic N) is 5. The Morgan fingerprint density at radius 2 is 2.10 bits per heavy atom. The predicted molar refractivity (Wildman–Crippen MR) is 114 cm³/mol. The smallest absolute Gasteiger partial charge is 0.140 e. The third-order valence-corrected chi connectivity index (χ3v) is 5.41. The van der Waals surface area contributed by atoms with Gasteiger partial charge in [0.1, 0.15) is 17.6 Å². The van der Waals surface area contributed by atoms with Crippen LogP contribution in [0.2, 0.25) is 0 Å². The Labute approximate surface area is 171 Å². The van der Waals surface area contributed by atoms with Crippen molar-refractivity contribution in [2.45, 2.75) is 45.3 Å². The van der Waals surface area contributed by atoms with E-state index in [1.165, 1.54) is 12.1 Å². The van der Waals surface area contributed by atoms with Crippen LogP contribution in [-0.2, 0) is 6.54 Å². The number of hydrogen-bond acceptors (Lipinski definition) is 5. The monoisotopic (exact) mass is 386 g/mol. The summed E-state index contributed by atoms with van der Waals surface area (Å²) in [5, 5.41) is 12.2. The molecule has 4 heterocycles. The van der Waals surface area contributed by atoms with Crippen LogP contribution in [0.4, 0.5) is 11.5 Å². The first-order valence-electron chi connectivity index (χ1n) is 10.1. The van der Waals surface area contributed by atoms with Crippen molar-refractivity contribution in [1.29, 1.82) is 5.26 Å². The molecule has 0 aromatic carbocycles. The number of nitriles is 1. The Kier molecular flexibility index (Phi) is 5.59. The molecule has 1 saturated heterocycles. The fourth-order valence-corrected chi connectivity index (χ4v) is 4.01. The summed E-state index contributed by atoms with van der Waals surface area (Å²) in [6, 6.07) is 16.9. The summed E-state index contributed by atoms with van der Waals surface area (Å²) in [5.41, 5.74) is 3.68. The van der Waals surface area contributed by atoms with Crippen LogP contribution >= 0.6 is 0 Å². The zero-order valence-corrected chi connectivity index (χ0v) is 16.9. The summed E-state index contributed by atoms with van der Waals surface area (Å²) >= 11 is 0. The molecular formula is C23H26N6. The lowest BCUT2D eigenvalue weighted by atomic mass is 10.1. The largest absolute Gasteiger partial charge is 0.348 e. The molecule has 4 rings (SSSR count). The van der Waals surface area contributed by atoms with Gasteiger partial charge in [-0.15, -0.1) is 0 Å². The molecule has 1 fully saturated rings. The number of pyridine rings is 2. The average Bonchev–Trinajstić information content (AvgIpc) is 3.39. The first kappa shape index (κ1) is 19.2. The summed E-state index contributed by atoms with van der Waals surface area (Å²) in [6.45, 7) is 6.47. The van der Waals surface area contributed by atoms with E-state index in [2.05, 4.69) is 64.1 Å². The highest BCUT2D eigenvalue weighted by Crippen LogP contribution is 2.33. The quantitative estimate of drug-likeness (QED) is 0.658. The molecule has 1 N–H and O–H groups in total. The number of hydrogen-bond donors (Lipinski definition) is 1. The number of anilines is 2. The van der Waals surface area contributed by atoms with E-state index in [0.29, 0.717) is 17.8 Å². The number of likely N-dealkylation sites (tertiary alicyclic amines) is 1. The van der Waals surface area contributed by atoms with Gasteiger partial charge >= 0.3 is 0 Å². The summed E-state index contributed by atoms with van der Waals surface area (Å²) in [4.78, 5) is 11.5. The van der Waals surface area contributed by atoms with Crippen molar-refractivity contribution >= 4 is 11.5 Å². The Bertz CT molecular complexity index is 999. The van der Waals surface area contributed by atoms with Gasteiger partial charge in [-0.3, -0.25) is 4.90 Å². The van der Waals surface area contributed by atoms with Gasteiger partial charge < -0.3 is 9.88 Å². The lowest BCUT2D eigenvalue weighted by Crippen LogP contribution is -2.25. The molecule has 0 bridgehead atoms. The molecule has 0 unspecified atom stereocenters. The highest BCUT2D eigenvalue weighted by Gasteiger charge is 2.28. The Morgan fingerprint density at radius 1 is 1.21 bits per heavy atom. The zero-order valence-electron chi connectivity index (χ0n) is 16.9. The van der Waals surface area contributed by atoms with Gasteiger partial charge in [-0.25, -0.2) is 9.97 Å². The molecule has 6 heteroatoms. The van der Waals surface area contributed by atoms with E-state index >= 15 is 0 Å². The van der Waals surface area contributed by atoms with Crippen molar-refractivity contribution in [3.63, 3.8) is 0 Å². The van der Waals surface area contributed by atoms with E-state index in [-0.39, 0.29) is 0 Å². The van der Waals surface area contributed by atoms with Gasteiger partial charge in [0.05, 0.1) is 23.6 Å². The van der Waals surface area contributed by atoms with Crippen LogP contribution < -0.4 is 5.32 Å². The van der Waals surface area contributed by atoms with Crippen LogP contribution in [0.1, 0.15) is 55.9 Å². The van der Waals surface area contributed by atoms with Crippen molar-refractivity contribution in [3.8, 4) is 6.07 Å². The molecule has 0 spiro atoms. The Morgan fingerprint density at radius 3 is 2.86 bits per heavy atom. The standard InChI is InChI=1S/C23H26N6/c1-17(2)29-13-4-6-20(29)16-28-12-5-8-22(28)21-7-3-9-23(27-21)26-19-11-10-18(14-24)25-15-19/h3-4,6-7,9-11,13,15,17,22H,5,8,12,16H2,1-2H3,(H,26,27)/t22-/m1/s1. The highest BCUT2D eigenvalue weighted by atomic mass is 15.2. The molecule has 3 aromatic rings. The Balaban J connectivity index is 1.50. The number of aromatic nitrogens is 3. The maximum absolute atomic E-state index is 8.89. The first-order valence-corrected chi connectivity index (χ1v) is 10.1. The highest BCUT2D eigenvalue weighted by molar-refractivity contribution is 5.55. The molecule has 3 aromatic heterocycles. The van der Waals surface area contributed by atoms with Gasteiger partial charge in [0.15, 0.2) is 0 Å². The molecule has 6 nitrogen and oxygen atoms in total. The summed E-state index contributed by atoms with van der Waals surface area (Å²) < 4.78 is 2.35. The zero-order chi connectivity index (χ0) is 20.2. The van der Waals surface area contributed by atoms with Crippen LogP contribution in [0.3, 0.4) is 0 Å². The first-order chi connectivity index (χ1) is 14.1. The molecule has 0 amide bonds. The molecule has 0 aliphatic carbocycles. The molecule has 1 aliphatic rings. The summed E-state index contributed by atoms with van der Waals surface area (Å²) in [6.07, 6.45) is 6.14. The second kappa shape index (κ2) is 8.46. The average molecular weight is 387 g/mol. The number of nitrogens with one attached hydrogen (secondary N) is 1. The molecule has 0 radical (unpaired) electrons. The second-order valence-electron chi connectivity index (χ2n) is 7.75. The van der Waals surface area contributed by atoms with Crippen molar-refractivity contribution in [2.24, 2.45) is 0 Å².